The topological polar surface area (TPSA) is 29.0 Å². The maximum Gasteiger partial charge on any atom is 0.151 e. The lowest BCUT2D eigenvalue weighted by molar-refractivity contribution is 0.377. The first kappa shape index (κ1) is 12.9. The van der Waals surface area contributed by atoms with E-state index in [4.69, 9.17) is 23.2 Å². The third kappa shape index (κ3) is 3.71. The smallest absolute Gasteiger partial charge is 0.151 e. The number of aromatic nitrogens is 2. The van der Waals surface area contributed by atoms with Crippen LogP contribution in [0.1, 0.15) is 25.7 Å². The van der Waals surface area contributed by atoms with Gasteiger partial charge in [0.05, 0.1) is 0 Å². The summed E-state index contributed by atoms with van der Waals surface area (Å²) in [4.78, 5) is 2.28. The SMILES string of the molecule is ClCCCC1CCN(c2ccc(Cl)nn2)CC1. The van der Waals surface area contributed by atoms with E-state index in [1.807, 2.05) is 6.07 Å². The van der Waals surface area contributed by atoms with Crippen molar-refractivity contribution in [3.8, 4) is 0 Å². The molecule has 0 spiro atoms. The maximum atomic E-state index is 5.73. The van der Waals surface area contributed by atoms with Gasteiger partial charge in [0, 0.05) is 19.0 Å². The second-order valence-electron chi connectivity index (χ2n) is 4.48. The van der Waals surface area contributed by atoms with E-state index in [1.165, 1.54) is 19.3 Å². The number of hydrogen-bond donors (Lipinski definition) is 0. The first-order chi connectivity index (χ1) is 8.29. The molecule has 1 aromatic rings. The molecule has 0 radical (unpaired) electrons. The molecule has 2 heterocycles. The lowest BCUT2D eigenvalue weighted by atomic mass is 9.92. The van der Waals surface area contributed by atoms with Crippen LogP contribution in [0, 0.1) is 5.92 Å². The quantitative estimate of drug-likeness (QED) is 0.788. The summed E-state index contributed by atoms with van der Waals surface area (Å²) in [6.45, 7) is 2.12. The van der Waals surface area contributed by atoms with E-state index >= 15 is 0 Å². The van der Waals surface area contributed by atoms with Gasteiger partial charge in [-0.1, -0.05) is 11.6 Å². The minimum Gasteiger partial charge on any atom is -0.355 e. The molecular weight excluding hydrogens is 257 g/mol. The van der Waals surface area contributed by atoms with Crippen molar-refractivity contribution in [2.45, 2.75) is 25.7 Å². The van der Waals surface area contributed by atoms with Crippen molar-refractivity contribution in [1.29, 1.82) is 0 Å². The molecule has 5 heteroatoms. The van der Waals surface area contributed by atoms with Gasteiger partial charge < -0.3 is 4.90 Å². The van der Waals surface area contributed by atoms with Gasteiger partial charge in [0.1, 0.15) is 0 Å². The second kappa shape index (κ2) is 6.41. The van der Waals surface area contributed by atoms with Crippen molar-refractivity contribution in [2.24, 2.45) is 5.92 Å². The molecule has 3 nitrogen and oxygen atoms in total. The molecule has 0 saturated carbocycles. The highest BCUT2D eigenvalue weighted by Crippen LogP contribution is 2.25. The van der Waals surface area contributed by atoms with Crippen molar-refractivity contribution in [1.82, 2.24) is 10.2 Å². The molecule has 1 saturated heterocycles. The fraction of sp³-hybridized carbons (Fsp3) is 0.667. The molecule has 0 N–H and O–H groups in total. The molecule has 2 rings (SSSR count). The Kier molecular flexibility index (Phi) is 4.86. The summed E-state index contributed by atoms with van der Waals surface area (Å²) < 4.78 is 0. The van der Waals surface area contributed by atoms with Crippen LogP contribution in [0.25, 0.3) is 0 Å². The van der Waals surface area contributed by atoms with Crippen molar-refractivity contribution in [2.75, 3.05) is 23.9 Å². The molecule has 1 aliphatic rings. The summed E-state index contributed by atoms with van der Waals surface area (Å²) in [5.74, 6) is 2.54. The summed E-state index contributed by atoms with van der Waals surface area (Å²) in [6, 6.07) is 3.73. The molecule has 1 aliphatic heterocycles. The average Bonchev–Trinajstić information content (AvgIpc) is 2.38. The van der Waals surface area contributed by atoms with Crippen molar-refractivity contribution < 1.29 is 0 Å². The molecule has 1 fully saturated rings. The number of rotatable bonds is 4. The van der Waals surface area contributed by atoms with Crippen LogP contribution < -0.4 is 4.90 Å². The predicted octanol–water partition coefficient (Wildman–Crippen LogP) is 3.37. The Labute approximate surface area is 112 Å². The summed E-state index contributed by atoms with van der Waals surface area (Å²) >= 11 is 11.4. The van der Waals surface area contributed by atoms with Crippen LogP contribution >= 0.6 is 23.2 Å². The zero-order valence-electron chi connectivity index (χ0n) is 9.78. The highest BCUT2D eigenvalue weighted by molar-refractivity contribution is 6.29. The molecule has 0 atom stereocenters. The standard InChI is InChI=1S/C12H17Cl2N3/c13-7-1-2-10-5-8-17(9-6-10)12-4-3-11(14)15-16-12/h3-4,10H,1-2,5-9H2. The van der Waals surface area contributed by atoms with Crippen LogP contribution in [0.5, 0.6) is 0 Å². The molecular formula is C12H17Cl2N3. The summed E-state index contributed by atoms with van der Waals surface area (Å²) in [7, 11) is 0. The maximum absolute atomic E-state index is 5.73. The Hall–Kier alpha value is -0.540. The van der Waals surface area contributed by atoms with Crippen molar-refractivity contribution >= 4 is 29.0 Å². The van der Waals surface area contributed by atoms with Gasteiger partial charge in [0.2, 0.25) is 0 Å². The lowest BCUT2D eigenvalue weighted by Crippen LogP contribution is -2.34. The molecule has 0 unspecified atom stereocenters. The van der Waals surface area contributed by atoms with Crippen LogP contribution in [0.4, 0.5) is 5.82 Å². The molecule has 1 aromatic heterocycles. The largest absolute Gasteiger partial charge is 0.355 e. The first-order valence-electron chi connectivity index (χ1n) is 6.09. The number of anilines is 1. The number of alkyl halides is 1. The predicted molar refractivity (Wildman–Crippen MR) is 71.9 cm³/mol. The molecule has 0 aromatic carbocycles. The summed E-state index contributed by atoms with van der Waals surface area (Å²) in [6.07, 6.45) is 4.83. The number of halogens is 2. The van der Waals surface area contributed by atoms with E-state index < -0.39 is 0 Å². The average molecular weight is 274 g/mol. The first-order valence-corrected chi connectivity index (χ1v) is 7.01. The highest BCUT2D eigenvalue weighted by atomic mass is 35.5. The van der Waals surface area contributed by atoms with Gasteiger partial charge in [0.15, 0.2) is 11.0 Å². The molecule has 0 bridgehead atoms. The fourth-order valence-electron chi connectivity index (χ4n) is 2.29. The Balaban J connectivity index is 1.84. The fourth-order valence-corrected chi connectivity index (χ4v) is 2.55. The van der Waals surface area contributed by atoms with Crippen LogP contribution in [0.3, 0.4) is 0 Å². The van der Waals surface area contributed by atoms with Crippen LogP contribution in [0.2, 0.25) is 5.15 Å². The third-order valence-corrected chi connectivity index (χ3v) is 3.77. The second-order valence-corrected chi connectivity index (χ2v) is 5.24. The molecule has 0 amide bonds. The number of piperidine rings is 1. The summed E-state index contributed by atoms with van der Waals surface area (Å²) in [5.41, 5.74) is 0. The van der Waals surface area contributed by atoms with E-state index in [0.717, 1.165) is 37.1 Å². The van der Waals surface area contributed by atoms with Gasteiger partial charge in [-0.25, -0.2) is 0 Å². The third-order valence-electron chi connectivity index (χ3n) is 3.30. The minimum atomic E-state index is 0.450. The number of nitrogens with zero attached hydrogens (tertiary/aromatic N) is 3. The van der Waals surface area contributed by atoms with E-state index in [0.29, 0.717) is 5.15 Å². The van der Waals surface area contributed by atoms with Gasteiger partial charge in [-0.2, -0.15) is 0 Å². The van der Waals surface area contributed by atoms with Gasteiger partial charge >= 0.3 is 0 Å². The molecule has 94 valence electrons. The molecule has 0 aliphatic carbocycles. The Bertz CT molecular complexity index is 334. The minimum absolute atomic E-state index is 0.450. The van der Waals surface area contributed by atoms with E-state index in [1.54, 1.807) is 6.07 Å². The van der Waals surface area contributed by atoms with Crippen LogP contribution in [-0.4, -0.2) is 29.2 Å². The van der Waals surface area contributed by atoms with Gasteiger partial charge in [-0.3, -0.25) is 0 Å². The van der Waals surface area contributed by atoms with Gasteiger partial charge in [-0.15, -0.1) is 21.8 Å². The van der Waals surface area contributed by atoms with Crippen LogP contribution in [-0.2, 0) is 0 Å². The Morgan fingerprint density at radius 1 is 1.24 bits per heavy atom. The van der Waals surface area contributed by atoms with Gasteiger partial charge in [-0.05, 0) is 43.7 Å². The monoisotopic (exact) mass is 273 g/mol. The van der Waals surface area contributed by atoms with Gasteiger partial charge in [0.25, 0.3) is 0 Å². The summed E-state index contributed by atoms with van der Waals surface area (Å²) in [5, 5.41) is 8.44. The Morgan fingerprint density at radius 3 is 2.59 bits per heavy atom. The zero-order chi connectivity index (χ0) is 12.1. The van der Waals surface area contributed by atoms with E-state index in [2.05, 4.69) is 15.1 Å². The zero-order valence-corrected chi connectivity index (χ0v) is 11.3. The normalized spacial score (nSPS) is 17.4. The van der Waals surface area contributed by atoms with Crippen molar-refractivity contribution in [3.63, 3.8) is 0 Å². The van der Waals surface area contributed by atoms with E-state index in [-0.39, 0.29) is 0 Å². The molecule has 17 heavy (non-hydrogen) atoms. The highest BCUT2D eigenvalue weighted by Gasteiger charge is 2.19. The van der Waals surface area contributed by atoms with Crippen molar-refractivity contribution in [3.05, 3.63) is 17.3 Å². The van der Waals surface area contributed by atoms with Crippen LogP contribution in [0.15, 0.2) is 12.1 Å². The Morgan fingerprint density at radius 2 is 2.00 bits per heavy atom. The lowest BCUT2D eigenvalue weighted by Gasteiger charge is -2.32. The van der Waals surface area contributed by atoms with E-state index in [9.17, 15) is 0 Å². The number of hydrogen-bond acceptors (Lipinski definition) is 3.